The maximum Gasteiger partial charge on any atom is 0.211 e. The van der Waals surface area contributed by atoms with E-state index in [1.54, 1.807) is 48.5 Å². The fraction of sp³-hybridized carbons (Fsp3) is 0.0588. The van der Waals surface area contributed by atoms with Crippen LogP contribution in [0.3, 0.4) is 0 Å². The molecule has 116 valence electrons. The van der Waals surface area contributed by atoms with Crippen LogP contribution >= 0.6 is 11.6 Å². The molecular weight excluding hydrogens is 316 g/mol. The third-order valence-electron chi connectivity index (χ3n) is 3.61. The molecular formula is C17H12ClN2O3-. The molecule has 0 radical (unpaired) electrons. The van der Waals surface area contributed by atoms with Crippen molar-refractivity contribution in [3.63, 3.8) is 0 Å². The molecule has 3 aromatic rings. The Bertz CT molecular complexity index is 903. The molecule has 1 aromatic heterocycles. The second-order valence-corrected chi connectivity index (χ2v) is 5.50. The number of nitrogens with one attached hydrogen (secondary N) is 1. The van der Waals surface area contributed by atoms with Crippen LogP contribution in [0.1, 0.15) is 16.1 Å². The number of carbonyl (C=O) groups is 2. The molecule has 0 bridgehead atoms. The van der Waals surface area contributed by atoms with Gasteiger partial charge >= 0.3 is 0 Å². The first-order chi connectivity index (χ1) is 11.0. The highest BCUT2D eigenvalue weighted by Gasteiger charge is 2.22. The van der Waals surface area contributed by atoms with Crippen LogP contribution in [0.15, 0.2) is 48.5 Å². The number of halogens is 1. The normalized spacial score (nSPS) is 10.7. The Morgan fingerprint density at radius 1 is 1.13 bits per heavy atom. The molecule has 0 aliphatic heterocycles. The predicted octanol–water partition coefficient (Wildman–Crippen LogP) is 2.83. The number of hydrogen-bond acceptors (Lipinski definition) is 3. The van der Waals surface area contributed by atoms with Crippen molar-refractivity contribution in [2.24, 2.45) is 0 Å². The van der Waals surface area contributed by atoms with Gasteiger partial charge < -0.3 is 19.8 Å². The molecule has 23 heavy (non-hydrogen) atoms. The van der Waals surface area contributed by atoms with Crippen molar-refractivity contribution < 1.29 is 14.7 Å². The van der Waals surface area contributed by atoms with Crippen LogP contribution in [0.2, 0.25) is 5.02 Å². The summed E-state index contributed by atoms with van der Waals surface area (Å²) in [6, 6.07) is 13.6. The summed E-state index contributed by atoms with van der Waals surface area (Å²) < 4.78 is 0. The van der Waals surface area contributed by atoms with Crippen LogP contribution < -0.4 is 10.0 Å². The number of nitrogens with zero attached hydrogens (tertiary/aromatic N) is 1. The SMILES string of the molecule is CN(C(=O)[O-])c1c(C(=O)c2ccccc2)[nH]c2cc(Cl)ccc12. The van der Waals surface area contributed by atoms with Crippen molar-refractivity contribution in [2.45, 2.75) is 0 Å². The predicted molar refractivity (Wildman–Crippen MR) is 87.0 cm³/mol. The molecule has 2 aromatic carbocycles. The van der Waals surface area contributed by atoms with Gasteiger partial charge in [-0.25, -0.2) is 0 Å². The van der Waals surface area contributed by atoms with Gasteiger partial charge in [-0.15, -0.1) is 0 Å². The van der Waals surface area contributed by atoms with Gasteiger partial charge in [-0.2, -0.15) is 0 Å². The zero-order valence-electron chi connectivity index (χ0n) is 12.2. The molecule has 5 nitrogen and oxygen atoms in total. The molecule has 0 aliphatic rings. The number of fused-ring (bicyclic) bond motifs is 1. The highest BCUT2D eigenvalue weighted by atomic mass is 35.5. The van der Waals surface area contributed by atoms with Crippen LogP contribution in [0.5, 0.6) is 0 Å². The van der Waals surface area contributed by atoms with E-state index in [0.29, 0.717) is 21.5 Å². The molecule has 0 saturated carbocycles. The maximum atomic E-state index is 12.7. The highest BCUT2D eigenvalue weighted by Crippen LogP contribution is 2.33. The minimum absolute atomic E-state index is 0.181. The molecule has 0 fully saturated rings. The quantitative estimate of drug-likeness (QED) is 0.751. The van der Waals surface area contributed by atoms with Crippen LogP contribution in [0.4, 0.5) is 10.5 Å². The van der Waals surface area contributed by atoms with Gasteiger partial charge in [0.2, 0.25) is 5.78 Å². The molecule has 0 aliphatic carbocycles. The van der Waals surface area contributed by atoms with E-state index in [1.165, 1.54) is 7.05 Å². The van der Waals surface area contributed by atoms with Crippen molar-refractivity contribution in [1.29, 1.82) is 0 Å². The molecule has 6 heteroatoms. The lowest BCUT2D eigenvalue weighted by atomic mass is 10.1. The third kappa shape index (κ3) is 2.66. The summed E-state index contributed by atoms with van der Waals surface area (Å²) in [5, 5.41) is 12.4. The molecule has 0 saturated heterocycles. The Kier molecular flexibility index (Phi) is 3.80. The van der Waals surface area contributed by atoms with Crippen LogP contribution in [0.25, 0.3) is 10.9 Å². The van der Waals surface area contributed by atoms with E-state index in [9.17, 15) is 14.7 Å². The largest absolute Gasteiger partial charge is 0.530 e. The van der Waals surface area contributed by atoms with Gasteiger partial charge in [0, 0.05) is 28.5 Å². The number of aromatic amines is 1. The van der Waals surface area contributed by atoms with Crippen molar-refractivity contribution in [3.8, 4) is 0 Å². The van der Waals surface area contributed by atoms with Gasteiger partial charge in [0.25, 0.3) is 0 Å². The van der Waals surface area contributed by atoms with Crippen molar-refractivity contribution in [2.75, 3.05) is 11.9 Å². The average molecular weight is 328 g/mol. The number of anilines is 1. The monoisotopic (exact) mass is 327 g/mol. The van der Waals surface area contributed by atoms with Crippen LogP contribution in [-0.2, 0) is 0 Å². The van der Waals surface area contributed by atoms with E-state index >= 15 is 0 Å². The Balaban J connectivity index is 2.25. The minimum atomic E-state index is -1.40. The zero-order valence-corrected chi connectivity index (χ0v) is 12.9. The Morgan fingerprint density at radius 2 is 1.83 bits per heavy atom. The number of carboxylic acid groups (broad SMARTS) is 1. The summed E-state index contributed by atoms with van der Waals surface area (Å²) in [5.41, 5.74) is 1.48. The number of H-pyrrole nitrogens is 1. The van der Waals surface area contributed by atoms with Crippen LogP contribution in [0, 0.1) is 0 Å². The summed E-state index contributed by atoms with van der Waals surface area (Å²) in [5.74, 6) is -0.305. The van der Waals surface area contributed by atoms with E-state index < -0.39 is 6.09 Å². The van der Waals surface area contributed by atoms with Gasteiger partial charge in [-0.1, -0.05) is 41.9 Å². The summed E-state index contributed by atoms with van der Waals surface area (Å²) in [6.45, 7) is 0. The molecule has 0 spiro atoms. The van der Waals surface area contributed by atoms with Crippen molar-refractivity contribution in [1.82, 2.24) is 4.98 Å². The first kappa shape index (κ1) is 15.1. The molecule has 1 amide bonds. The van der Waals surface area contributed by atoms with Gasteiger partial charge in [0.15, 0.2) is 0 Å². The number of rotatable bonds is 3. The highest BCUT2D eigenvalue weighted by molar-refractivity contribution is 6.31. The van der Waals surface area contributed by atoms with Gasteiger partial charge in [-0.3, -0.25) is 4.79 Å². The zero-order chi connectivity index (χ0) is 16.6. The number of hydrogen-bond donors (Lipinski definition) is 1. The Hall–Kier alpha value is -2.79. The van der Waals surface area contributed by atoms with Crippen LogP contribution in [-0.4, -0.2) is 23.9 Å². The first-order valence-corrected chi connectivity index (χ1v) is 7.22. The van der Waals surface area contributed by atoms with E-state index in [4.69, 9.17) is 11.6 Å². The second-order valence-electron chi connectivity index (χ2n) is 5.06. The number of amides is 1. The lowest BCUT2D eigenvalue weighted by Gasteiger charge is -2.20. The van der Waals surface area contributed by atoms with Crippen molar-refractivity contribution in [3.05, 3.63) is 64.8 Å². The fourth-order valence-electron chi connectivity index (χ4n) is 2.49. The number of carbonyl (C=O) groups excluding carboxylic acids is 2. The molecule has 3 rings (SSSR count). The maximum absolute atomic E-state index is 12.7. The van der Waals surface area contributed by atoms with Gasteiger partial charge in [-0.05, 0) is 18.2 Å². The Labute approximate surface area is 137 Å². The van der Waals surface area contributed by atoms with E-state index in [-0.39, 0.29) is 17.2 Å². The van der Waals surface area contributed by atoms with E-state index in [2.05, 4.69) is 4.98 Å². The van der Waals surface area contributed by atoms with E-state index in [0.717, 1.165) is 4.90 Å². The number of aromatic nitrogens is 1. The summed E-state index contributed by atoms with van der Waals surface area (Å²) in [6.07, 6.45) is -1.40. The molecule has 1 heterocycles. The minimum Gasteiger partial charge on any atom is -0.530 e. The lowest BCUT2D eigenvalue weighted by Crippen LogP contribution is -2.39. The third-order valence-corrected chi connectivity index (χ3v) is 3.84. The summed E-state index contributed by atoms with van der Waals surface area (Å²) >= 11 is 5.97. The topological polar surface area (TPSA) is 76.2 Å². The summed E-state index contributed by atoms with van der Waals surface area (Å²) in [7, 11) is 1.34. The van der Waals surface area contributed by atoms with Gasteiger partial charge in [0.05, 0.1) is 5.69 Å². The number of benzene rings is 2. The lowest BCUT2D eigenvalue weighted by molar-refractivity contribution is -0.246. The first-order valence-electron chi connectivity index (χ1n) is 6.84. The fourth-order valence-corrected chi connectivity index (χ4v) is 2.66. The molecule has 0 atom stereocenters. The average Bonchev–Trinajstić information content (AvgIpc) is 2.92. The number of ketones is 1. The van der Waals surface area contributed by atoms with E-state index in [1.807, 2.05) is 0 Å². The van der Waals surface area contributed by atoms with Gasteiger partial charge in [0.1, 0.15) is 11.8 Å². The molecule has 1 N–H and O–H groups in total. The summed E-state index contributed by atoms with van der Waals surface area (Å²) in [4.78, 5) is 27.9. The standard InChI is InChI=1S/C17H13ClN2O3/c1-20(17(22)23)15-12-8-7-11(18)9-13(12)19-14(15)16(21)10-5-3-2-4-6-10/h2-9,19H,1H3,(H,22,23)/p-1. The second kappa shape index (κ2) is 5.78. The van der Waals surface area contributed by atoms with Crippen molar-refractivity contribution >= 4 is 40.1 Å². The molecule has 0 unspecified atom stereocenters. The Morgan fingerprint density at radius 3 is 2.48 bits per heavy atom. The smallest absolute Gasteiger partial charge is 0.211 e.